The van der Waals surface area contributed by atoms with Gasteiger partial charge in [0.05, 0.1) is 6.54 Å². The van der Waals surface area contributed by atoms with Crippen LogP contribution in [-0.4, -0.2) is 29.9 Å². The van der Waals surface area contributed by atoms with E-state index < -0.39 is 5.56 Å². The molecule has 0 radical (unpaired) electrons. The summed E-state index contributed by atoms with van der Waals surface area (Å²) in [5, 5.41) is 15.9. The SMILES string of the molecule is Cc1nc(-c2nnc(Nc3ccc(Oc4ccccn4)cc3)n(Cc3ccc(Cl)cc3)c2=O)no1. The number of pyridine rings is 1. The first kappa shape index (κ1) is 22.2. The molecule has 5 rings (SSSR count). The number of anilines is 2. The molecule has 174 valence electrons. The summed E-state index contributed by atoms with van der Waals surface area (Å²) >= 11 is 6.01. The lowest BCUT2D eigenvalue weighted by Crippen LogP contribution is -2.27. The first-order valence-corrected chi connectivity index (χ1v) is 10.9. The van der Waals surface area contributed by atoms with Crippen molar-refractivity contribution in [3.05, 3.63) is 99.8 Å². The summed E-state index contributed by atoms with van der Waals surface area (Å²) in [6.07, 6.45) is 1.66. The van der Waals surface area contributed by atoms with Gasteiger partial charge in [-0.3, -0.25) is 9.36 Å². The fraction of sp³-hybridized carbons (Fsp3) is 0.0833. The molecule has 0 bridgehead atoms. The molecule has 11 heteroatoms. The van der Waals surface area contributed by atoms with Crippen LogP contribution in [0.2, 0.25) is 5.02 Å². The van der Waals surface area contributed by atoms with E-state index in [1.54, 1.807) is 55.6 Å². The van der Waals surface area contributed by atoms with E-state index in [0.717, 1.165) is 5.56 Å². The van der Waals surface area contributed by atoms with Crippen molar-refractivity contribution in [3.63, 3.8) is 0 Å². The smallest absolute Gasteiger partial charge is 0.285 e. The van der Waals surface area contributed by atoms with Gasteiger partial charge < -0.3 is 14.6 Å². The van der Waals surface area contributed by atoms with Gasteiger partial charge in [-0.25, -0.2) is 4.98 Å². The van der Waals surface area contributed by atoms with E-state index in [4.69, 9.17) is 20.9 Å². The minimum absolute atomic E-state index is 0.0135. The normalized spacial score (nSPS) is 10.8. The Kier molecular flexibility index (Phi) is 6.18. The third-order valence-corrected chi connectivity index (χ3v) is 5.16. The second-order valence-electron chi connectivity index (χ2n) is 7.45. The van der Waals surface area contributed by atoms with Crippen LogP contribution in [0.5, 0.6) is 11.6 Å². The Morgan fingerprint density at radius 3 is 2.51 bits per heavy atom. The molecule has 3 heterocycles. The summed E-state index contributed by atoms with van der Waals surface area (Å²) < 4.78 is 12.2. The van der Waals surface area contributed by atoms with E-state index in [-0.39, 0.29) is 24.0 Å². The average Bonchev–Trinajstić information content (AvgIpc) is 3.30. The number of benzene rings is 2. The van der Waals surface area contributed by atoms with E-state index in [1.165, 1.54) is 4.57 Å². The van der Waals surface area contributed by atoms with Gasteiger partial charge in [0.1, 0.15) is 5.75 Å². The summed E-state index contributed by atoms with van der Waals surface area (Å²) in [5.74, 6) is 1.74. The van der Waals surface area contributed by atoms with Crippen molar-refractivity contribution in [1.82, 2.24) is 29.9 Å². The van der Waals surface area contributed by atoms with Gasteiger partial charge >= 0.3 is 0 Å². The second kappa shape index (κ2) is 9.74. The summed E-state index contributed by atoms with van der Waals surface area (Å²) in [6.45, 7) is 1.85. The number of halogens is 1. The molecule has 0 aliphatic rings. The second-order valence-corrected chi connectivity index (χ2v) is 7.88. The molecule has 0 saturated carbocycles. The van der Waals surface area contributed by atoms with Gasteiger partial charge in [0.25, 0.3) is 5.56 Å². The molecule has 0 unspecified atom stereocenters. The van der Waals surface area contributed by atoms with Crippen molar-refractivity contribution >= 4 is 23.2 Å². The number of aryl methyl sites for hydroxylation is 1. The lowest BCUT2D eigenvalue weighted by molar-refractivity contribution is 0.394. The van der Waals surface area contributed by atoms with E-state index in [2.05, 4.69) is 30.6 Å². The molecule has 0 aliphatic heterocycles. The topological polar surface area (TPSA) is 121 Å². The fourth-order valence-electron chi connectivity index (χ4n) is 3.23. The Hall–Kier alpha value is -4.57. The first-order valence-electron chi connectivity index (χ1n) is 10.5. The predicted molar refractivity (Wildman–Crippen MR) is 129 cm³/mol. The van der Waals surface area contributed by atoms with Crippen molar-refractivity contribution in [1.29, 1.82) is 0 Å². The van der Waals surface area contributed by atoms with Crippen molar-refractivity contribution < 1.29 is 9.26 Å². The van der Waals surface area contributed by atoms with Crippen LogP contribution in [0.4, 0.5) is 11.6 Å². The van der Waals surface area contributed by atoms with Crippen molar-refractivity contribution in [2.24, 2.45) is 0 Å². The average molecular weight is 488 g/mol. The van der Waals surface area contributed by atoms with Crippen LogP contribution in [0.1, 0.15) is 11.5 Å². The quantitative estimate of drug-likeness (QED) is 0.350. The van der Waals surface area contributed by atoms with Gasteiger partial charge in [0, 0.05) is 29.9 Å². The molecule has 0 atom stereocenters. The van der Waals surface area contributed by atoms with Crippen molar-refractivity contribution in [2.45, 2.75) is 13.5 Å². The first-order chi connectivity index (χ1) is 17.0. The Morgan fingerprint density at radius 1 is 1.03 bits per heavy atom. The lowest BCUT2D eigenvalue weighted by atomic mass is 10.2. The van der Waals surface area contributed by atoms with Crippen LogP contribution in [-0.2, 0) is 6.54 Å². The van der Waals surface area contributed by atoms with E-state index in [0.29, 0.717) is 28.2 Å². The number of hydrogen-bond donors (Lipinski definition) is 1. The third-order valence-electron chi connectivity index (χ3n) is 4.91. The molecule has 1 N–H and O–H groups in total. The Morgan fingerprint density at radius 2 is 1.83 bits per heavy atom. The molecule has 0 fully saturated rings. The summed E-state index contributed by atoms with van der Waals surface area (Å²) in [4.78, 5) is 21.6. The molecular weight excluding hydrogens is 470 g/mol. The molecule has 2 aromatic carbocycles. The lowest BCUT2D eigenvalue weighted by Gasteiger charge is -2.14. The number of nitrogens with zero attached hydrogens (tertiary/aromatic N) is 6. The molecule has 0 spiro atoms. The Balaban J connectivity index is 1.46. The maximum Gasteiger partial charge on any atom is 0.285 e. The number of aromatic nitrogens is 6. The summed E-state index contributed by atoms with van der Waals surface area (Å²) in [7, 11) is 0. The van der Waals surface area contributed by atoms with Gasteiger partial charge in [-0.2, -0.15) is 4.98 Å². The van der Waals surface area contributed by atoms with Crippen LogP contribution in [0.15, 0.2) is 82.2 Å². The van der Waals surface area contributed by atoms with Gasteiger partial charge in [-0.05, 0) is 48.0 Å². The predicted octanol–water partition coefficient (Wildman–Crippen LogP) is 4.63. The molecule has 0 aliphatic carbocycles. The monoisotopic (exact) mass is 487 g/mol. The Labute approximate surface area is 204 Å². The maximum absolute atomic E-state index is 13.4. The minimum atomic E-state index is -0.423. The van der Waals surface area contributed by atoms with Crippen LogP contribution < -0.4 is 15.6 Å². The molecular formula is C24H18ClN7O3. The zero-order valence-corrected chi connectivity index (χ0v) is 19.2. The van der Waals surface area contributed by atoms with Gasteiger partial charge in [-0.1, -0.05) is 35.0 Å². The molecule has 5 aromatic rings. The zero-order valence-electron chi connectivity index (χ0n) is 18.4. The standard InChI is InChI=1S/C24H18ClN7O3/c1-15-27-22(31-35-15)21-23(33)32(14-16-5-7-17(25)8-6-16)24(30-29-21)28-18-9-11-19(12-10-18)34-20-4-2-3-13-26-20/h2-13H,14H2,1H3,(H,28,30). The number of rotatable bonds is 7. The van der Waals surface area contributed by atoms with E-state index in [9.17, 15) is 4.79 Å². The van der Waals surface area contributed by atoms with E-state index >= 15 is 0 Å². The highest BCUT2D eigenvalue weighted by molar-refractivity contribution is 6.30. The Bertz CT molecular complexity index is 1500. The van der Waals surface area contributed by atoms with Crippen LogP contribution in [0, 0.1) is 6.92 Å². The summed E-state index contributed by atoms with van der Waals surface area (Å²) in [6, 6.07) is 19.8. The largest absolute Gasteiger partial charge is 0.439 e. The third kappa shape index (κ3) is 5.17. The maximum atomic E-state index is 13.4. The van der Waals surface area contributed by atoms with Gasteiger partial charge in [0.15, 0.2) is 5.69 Å². The van der Waals surface area contributed by atoms with Crippen molar-refractivity contribution in [3.8, 4) is 23.1 Å². The molecule has 3 aromatic heterocycles. The van der Waals surface area contributed by atoms with Crippen LogP contribution in [0.3, 0.4) is 0 Å². The highest BCUT2D eigenvalue weighted by Crippen LogP contribution is 2.23. The number of nitrogens with one attached hydrogen (secondary N) is 1. The summed E-state index contributed by atoms with van der Waals surface area (Å²) in [5.41, 5.74) is 1.09. The minimum Gasteiger partial charge on any atom is -0.439 e. The number of hydrogen-bond acceptors (Lipinski definition) is 9. The molecule has 0 saturated heterocycles. The molecule has 35 heavy (non-hydrogen) atoms. The van der Waals surface area contributed by atoms with Gasteiger partial charge in [-0.15, -0.1) is 10.2 Å². The van der Waals surface area contributed by atoms with Crippen LogP contribution >= 0.6 is 11.6 Å². The highest BCUT2D eigenvalue weighted by atomic mass is 35.5. The van der Waals surface area contributed by atoms with E-state index in [1.807, 2.05) is 24.3 Å². The molecule has 0 amide bonds. The van der Waals surface area contributed by atoms with Crippen molar-refractivity contribution in [2.75, 3.05) is 5.32 Å². The molecule has 10 nitrogen and oxygen atoms in total. The number of ether oxygens (including phenoxy) is 1. The highest BCUT2D eigenvalue weighted by Gasteiger charge is 2.18. The van der Waals surface area contributed by atoms with Crippen LogP contribution in [0.25, 0.3) is 11.5 Å². The van der Waals surface area contributed by atoms with Gasteiger partial charge in [0.2, 0.25) is 23.5 Å². The fourth-order valence-corrected chi connectivity index (χ4v) is 3.36. The zero-order chi connectivity index (χ0) is 24.2.